The lowest BCUT2D eigenvalue weighted by molar-refractivity contribution is -0.160. The number of nitrogens with zero attached hydrogens (tertiary/aromatic N) is 6. The van der Waals surface area contributed by atoms with Gasteiger partial charge < -0.3 is 38.3 Å². The summed E-state index contributed by atoms with van der Waals surface area (Å²) >= 11 is 0. The highest BCUT2D eigenvalue weighted by molar-refractivity contribution is 5.85. The highest BCUT2D eigenvalue weighted by Gasteiger charge is 2.59. The second kappa shape index (κ2) is 20.2. The Hall–Kier alpha value is -4.35. The molecule has 22 heteroatoms. The van der Waals surface area contributed by atoms with E-state index < -0.39 is 86.0 Å². The molecule has 298 valence electrons. The number of esters is 2. The molecule has 0 spiro atoms. The Morgan fingerprint density at radius 2 is 1.21 bits per heavy atom. The number of aliphatic hydroxyl groups excluding tert-OH is 1. The number of rotatable bonds is 22. The van der Waals surface area contributed by atoms with Crippen LogP contribution in [0.15, 0.2) is 14.4 Å². The number of amides is 4. The maximum atomic E-state index is 13.5. The minimum atomic E-state index is -1.06. The number of hydrogen-bond donors (Lipinski definition) is 2. The number of aromatic amines is 1. The van der Waals surface area contributed by atoms with E-state index in [1.54, 1.807) is 0 Å². The van der Waals surface area contributed by atoms with Crippen LogP contribution in [0.25, 0.3) is 0 Å². The van der Waals surface area contributed by atoms with E-state index >= 15 is 0 Å². The predicted octanol–water partition coefficient (Wildman–Crippen LogP) is -1.61. The van der Waals surface area contributed by atoms with E-state index in [1.807, 2.05) is 4.98 Å². The van der Waals surface area contributed by atoms with E-state index in [-0.39, 0.29) is 58.9 Å². The van der Waals surface area contributed by atoms with E-state index in [9.17, 15) is 38.7 Å². The molecule has 0 aromatic carbocycles. The van der Waals surface area contributed by atoms with Crippen molar-refractivity contribution in [2.75, 3.05) is 74.9 Å². The molecule has 0 bridgehead atoms. The van der Waals surface area contributed by atoms with Gasteiger partial charge in [0.25, 0.3) is 0 Å². The Balaban J connectivity index is 1.31. The summed E-state index contributed by atoms with van der Waals surface area (Å²) in [5.41, 5.74) is -3.13. The molecule has 0 radical (unpaired) electrons. The van der Waals surface area contributed by atoms with E-state index in [1.165, 1.54) is 40.9 Å². The number of carbonyl (C=O) groups is 4. The van der Waals surface area contributed by atoms with Crippen molar-refractivity contribution < 1.29 is 57.4 Å². The monoisotopic (exact) mass is 759 g/mol. The van der Waals surface area contributed by atoms with E-state index in [0.29, 0.717) is 9.13 Å². The molecule has 1 aromatic heterocycles. The molecule has 4 amide bonds. The SMILES string of the molecule is COCCOC(=O)CCn1c(=O)[nH]c(=O)n(CCC(=O)OCOCN2C(=O)N(COC)C3C2N(COC)C(=O)N3COCC(O)C2CCCCC2)c1=O. The van der Waals surface area contributed by atoms with Gasteiger partial charge in [-0.1, -0.05) is 19.3 Å². The highest BCUT2D eigenvalue weighted by Crippen LogP contribution is 2.35. The van der Waals surface area contributed by atoms with Gasteiger partial charge in [0.2, 0.25) is 0 Å². The van der Waals surface area contributed by atoms with Crippen LogP contribution in [0, 0.1) is 5.92 Å². The zero-order valence-electron chi connectivity index (χ0n) is 30.2. The lowest BCUT2D eigenvalue weighted by Crippen LogP contribution is -2.49. The smallest absolute Gasteiger partial charge is 0.336 e. The fourth-order valence-corrected chi connectivity index (χ4v) is 6.47. The van der Waals surface area contributed by atoms with Crippen LogP contribution in [-0.2, 0) is 55.8 Å². The van der Waals surface area contributed by atoms with Crippen molar-refractivity contribution in [1.29, 1.82) is 0 Å². The summed E-state index contributed by atoms with van der Waals surface area (Å²) in [6.07, 6.45) is 1.79. The van der Waals surface area contributed by atoms with Crippen LogP contribution < -0.4 is 17.1 Å². The third-order valence-electron chi connectivity index (χ3n) is 9.11. The van der Waals surface area contributed by atoms with Crippen LogP contribution in [0.4, 0.5) is 9.59 Å². The number of fused-ring (bicyclic) bond motifs is 1. The van der Waals surface area contributed by atoms with E-state index in [2.05, 4.69) is 0 Å². The molecule has 1 aliphatic carbocycles. The van der Waals surface area contributed by atoms with Crippen LogP contribution in [0.5, 0.6) is 0 Å². The van der Waals surface area contributed by atoms with Gasteiger partial charge in [0.1, 0.15) is 33.5 Å². The van der Waals surface area contributed by atoms with Gasteiger partial charge in [0, 0.05) is 34.4 Å². The molecule has 3 atom stereocenters. The molecular formula is C31H49N7O15. The number of ether oxygens (including phenoxy) is 7. The second-order valence-corrected chi connectivity index (χ2v) is 12.6. The van der Waals surface area contributed by atoms with Crippen LogP contribution in [0.1, 0.15) is 44.9 Å². The van der Waals surface area contributed by atoms with Crippen molar-refractivity contribution in [3.63, 3.8) is 0 Å². The number of aromatic nitrogens is 3. The van der Waals surface area contributed by atoms with Gasteiger partial charge >= 0.3 is 41.1 Å². The highest BCUT2D eigenvalue weighted by atomic mass is 16.7. The first kappa shape index (κ1) is 41.4. The first-order valence-corrected chi connectivity index (χ1v) is 17.2. The molecule has 3 heterocycles. The maximum Gasteiger partial charge on any atom is 0.336 e. The van der Waals surface area contributed by atoms with Crippen LogP contribution in [-0.4, -0.2) is 156 Å². The number of nitrogens with one attached hydrogen (secondary N) is 1. The molecule has 4 rings (SSSR count). The van der Waals surface area contributed by atoms with E-state index in [4.69, 9.17) is 33.2 Å². The summed E-state index contributed by atoms with van der Waals surface area (Å²) in [6.45, 7) is -2.29. The lowest BCUT2D eigenvalue weighted by atomic mass is 9.85. The minimum Gasteiger partial charge on any atom is -0.463 e. The standard InChI is InChI=1S/C31H49N7O15/c1-47-13-14-52-23(40)9-11-33-27(42)32-28(43)34(29(33)44)12-10-24(41)53-20-51-19-38-26-25(35(16-48-2)31(38)46)37(30(45)36(26)17-49-3)18-50-15-22(39)21-7-5-4-6-8-21/h21-22,25-26,39H,4-20H2,1-3H3,(H,32,42,43). The topological polar surface area (TPSA) is 243 Å². The van der Waals surface area contributed by atoms with Crippen molar-refractivity contribution in [3.8, 4) is 0 Å². The Bertz CT molecular complexity index is 1570. The molecule has 1 aromatic rings. The zero-order valence-corrected chi connectivity index (χ0v) is 30.2. The Labute approximate surface area is 303 Å². The van der Waals surface area contributed by atoms with E-state index in [0.717, 1.165) is 32.1 Å². The summed E-state index contributed by atoms with van der Waals surface area (Å²) < 4.78 is 37.8. The van der Waals surface area contributed by atoms with Gasteiger partial charge in [-0.3, -0.25) is 34.2 Å². The van der Waals surface area contributed by atoms with Crippen molar-refractivity contribution in [2.24, 2.45) is 5.92 Å². The first-order chi connectivity index (χ1) is 25.5. The van der Waals surface area contributed by atoms with Crippen molar-refractivity contribution in [3.05, 3.63) is 31.5 Å². The third kappa shape index (κ3) is 10.4. The van der Waals surface area contributed by atoms with Gasteiger partial charge in [0.15, 0.2) is 19.1 Å². The predicted molar refractivity (Wildman–Crippen MR) is 177 cm³/mol. The number of aliphatic hydroxyl groups is 1. The third-order valence-corrected chi connectivity index (χ3v) is 9.11. The summed E-state index contributed by atoms with van der Waals surface area (Å²) in [5, 5.41) is 10.7. The van der Waals surface area contributed by atoms with Gasteiger partial charge in [-0.05, 0) is 18.8 Å². The average molecular weight is 760 g/mol. The lowest BCUT2D eigenvalue weighted by Gasteiger charge is -2.30. The van der Waals surface area contributed by atoms with Crippen LogP contribution in [0.3, 0.4) is 0 Å². The Morgan fingerprint density at radius 3 is 1.74 bits per heavy atom. The minimum absolute atomic E-state index is 0.0136. The fraction of sp³-hybridized carbons (Fsp3) is 0.774. The Morgan fingerprint density at radius 1 is 0.698 bits per heavy atom. The second-order valence-electron chi connectivity index (χ2n) is 12.6. The molecule has 2 saturated heterocycles. The normalized spacial score (nSPS) is 19.6. The summed E-state index contributed by atoms with van der Waals surface area (Å²) in [4.78, 5) is 95.9. The summed E-state index contributed by atoms with van der Waals surface area (Å²) in [5.74, 6) is -1.44. The fourth-order valence-electron chi connectivity index (χ4n) is 6.47. The van der Waals surface area contributed by atoms with Crippen LogP contribution in [0.2, 0.25) is 0 Å². The number of hydrogen-bond acceptors (Lipinski definition) is 15. The molecular weight excluding hydrogens is 710 g/mol. The molecule has 3 aliphatic rings. The summed E-state index contributed by atoms with van der Waals surface area (Å²) in [7, 11) is 4.21. The number of methoxy groups -OCH3 is 3. The molecule has 53 heavy (non-hydrogen) atoms. The van der Waals surface area contributed by atoms with Crippen molar-refractivity contribution in [2.45, 2.75) is 76.5 Å². The quantitative estimate of drug-likeness (QED) is 0.0768. The van der Waals surface area contributed by atoms with Gasteiger partial charge in [-0.2, -0.15) is 0 Å². The number of H-pyrrole nitrogens is 1. The van der Waals surface area contributed by atoms with Crippen molar-refractivity contribution >= 4 is 24.0 Å². The molecule has 22 nitrogen and oxygen atoms in total. The largest absolute Gasteiger partial charge is 0.463 e. The zero-order chi connectivity index (χ0) is 38.5. The molecule has 2 aliphatic heterocycles. The average Bonchev–Trinajstić information content (AvgIpc) is 3.55. The molecule has 1 saturated carbocycles. The maximum absolute atomic E-state index is 13.5. The van der Waals surface area contributed by atoms with Crippen molar-refractivity contribution in [1.82, 2.24) is 33.7 Å². The molecule has 3 fully saturated rings. The van der Waals surface area contributed by atoms with Gasteiger partial charge in [-0.25, -0.2) is 33.1 Å². The van der Waals surface area contributed by atoms with Crippen LogP contribution >= 0.6 is 0 Å². The van der Waals surface area contributed by atoms with Gasteiger partial charge in [-0.15, -0.1) is 0 Å². The number of urea groups is 2. The Kier molecular flexibility index (Phi) is 15.8. The molecule has 2 N–H and O–H groups in total. The molecule has 3 unspecified atom stereocenters. The first-order valence-electron chi connectivity index (χ1n) is 17.2. The number of carbonyl (C=O) groups excluding carboxylic acids is 4. The van der Waals surface area contributed by atoms with Gasteiger partial charge in [0.05, 0.1) is 32.2 Å². The summed E-state index contributed by atoms with van der Waals surface area (Å²) in [6, 6.07) is -1.04.